The van der Waals surface area contributed by atoms with Crippen molar-refractivity contribution in [1.29, 1.82) is 0 Å². The molecule has 0 heterocycles. The predicted molar refractivity (Wildman–Crippen MR) is 56.8 cm³/mol. The first-order valence-electron chi connectivity index (χ1n) is 4.89. The summed E-state index contributed by atoms with van der Waals surface area (Å²) in [6.45, 7) is 1.67. The zero-order valence-electron chi connectivity index (χ0n) is 9.08. The van der Waals surface area contributed by atoms with Crippen LogP contribution < -0.4 is 5.14 Å². The van der Waals surface area contributed by atoms with Gasteiger partial charge in [0.15, 0.2) is 0 Å². The van der Waals surface area contributed by atoms with E-state index in [4.69, 9.17) is 5.14 Å². The van der Waals surface area contributed by atoms with Crippen LogP contribution in [-0.2, 0) is 22.6 Å². The van der Waals surface area contributed by atoms with Gasteiger partial charge in [0.2, 0.25) is 10.0 Å². The largest absolute Gasteiger partial charge is 0.416 e. The molecule has 0 amide bonds. The molecule has 1 aromatic rings. The highest BCUT2D eigenvalue weighted by Crippen LogP contribution is 2.35. The predicted octanol–water partition coefficient (Wildman–Crippen LogP) is 2.31. The third-order valence-corrected chi connectivity index (χ3v) is 3.24. The second-order valence-electron chi connectivity index (χ2n) is 3.58. The normalized spacial score (nSPS) is 12.8. The molecule has 0 saturated carbocycles. The number of benzene rings is 1. The fourth-order valence-electron chi connectivity index (χ4n) is 1.61. The SMILES string of the molecule is CCCc1c(C(F)(F)F)cccc1S(N)(=O)=O. The fraction of sp³-hybridized carbons (Fsp3) is 0.400. The average Bonchev–Trinajstić information content (AvgIpc) is 2.15. The summed E-state index contributed by atoms with van der Waals surface area (Å²) in [6.07, 6.45) is -4.16. The van der Waals surface area contributed by atoms with Gasteiger partial charge in [0.25, 0.3) is 0 Å². The van der Waals surface area contributed by atoms with Crippen molar-refractivity contribution in [3.63, 3.8) is 0 Å². The molecular weight excluding hydrogens is 255 g/mol. The number of nitrogens with two attached hydrogens (primary N) is 1. The minimum Gasteiger partial charge on any atom is -0.225 e. The lowest BCUT2D eigenvalue weighted by molar-refractivity contribution is -0.138. The van der Waals surface area contributed by atoms with E-state index in [2.05, 4.69) is 0 Å². The number of alkyl halides is 3. The molecule has 1 aromatic carbocycles. The molecule has 7 heteroatoms. The first kappa shape index (κ1) is 14.0. The lowest BCUT2D eigenvalue weighted by Gasteiger charge is -2.15. The van der Waals surface area contributed by atoms with Gasteiger partial charge in [-0.05, 0) is 24.1 Å². The maximum Gasteiger partial charge on any atom is 0.416 e. The highest BCUT2D eigenvalue weighted by molar-refractivity contribution is 7.89. The number of rotatable bonds is 3. The summed E-state index contributed by atoms with van der Waals surface area (Å²) in [5.74, 6) is 0. The van der Waals surface area contributed by atoms with Gasteiger partial charge in [-0.25, -0.2) is 13.6 Å². The molecule has 0 saturated heterocycles. The molecule has 0 aliphatic carbocycles. The molecule has 96 valence electrons. The van der Waals surface area contributed by atoms with Gasteiger partial charge in [0, 0.05) is 0 Å². The molecule has 0 aromatic heterocycles. The Morgan fingerprint density at radius 3 is 2.29 bits per heavy atom. The van der Waals surface area contributed by atoms with Crippen LogP contribution in [0.25, 0.3) is 0 Å². The molecule has 0 aliphatic heterocycles. The average molecular weight is 267 g/mol. The van der Waals surface area contributed by atoms with Crippen molar-refractivity contribution in [2.24, 2.45) is 5.14 Å². The summed E-state index contributed by atoms with van der Waals surface area (Å²) in [7, 11) is -4.14. The Kier molecular flexibility index (Phi) is 3.83. The minimum absolute atomic E-state index is 0.0153. The maximum atomic E-state index is 12.7. The van der Waals surface area contributed by atoms with Crippen LogP contribution in [0.2, 0.25) is 0 Å². The van der Waals surface area contributed by atoms with E-state index in [-0.39, 0.29) is 12.0 Å². The zero-order valence-corrected chi connectivity index (χ0v) is 9.90. The van der Waals surface area contributed by atoms with E-state index in [9.17, 15) is 21.6 Å². The molecule has 0 aliphatic rings. The molecule has 1 rings (SSSR count). The van der Waals surface area contributed by atoms with Crippen molar-refractivity contribution in [2.45, 2.75) is 30.8 Å². The Labute approximate surface area is 97.5 Å². The number of primary sulfonamides is 1. The molecule has 0 unspecified atom stereocenters. The first-order valence-corrected chi connectivity index (χ1v) is 6.44. The van der Waals surface area contributed by atoms with Crippen LogP contribution in [0, 0.1) is 0 Å². The van der Waals surface area contributed by atoms with Crippen LogP contribution in [0.3, 0.4) is 0 Å². The lowest BCUT2D eigenvalue weighted by Crippen LogP contribution is -2.18. The third-order valence-electron chi connectivity index (χ3n) is 2.24. The maximum absolute atomic E-state index is 12.7. The zero-order chi connectivity index (χ0) is 13.3. The number of hydrogen-bond donors (Lipinski definition) is 1. The summed E-state index contributed by atoms with van der Waals surface area (Å²) in [5.41, 5.74) is -1.20. The second kappa shape index (κ2) is 4.66. The summed E-state index contributed by atoms with van der Waals surface area (Å²) in [6, 6.07) is 3.00. The van der Waals surface area contributed by atoms with Crippen molar-refractivity contribution in [3.8, 4) is 0 Å². The minimum atomic E-state index is -4.58. The fourth-order valence-corrected chi connectivity index (χ4v) is 2.43. The van der Waals surface area contributed by atoms with Crippen LogP contribution in [0.4, 0.5) is 13.2 Å². The molecule has 3 nitrogen and oxygen atoms in total. The van der Waals surface area contributed by atoms with Gasteiger partial charge < -0.3 is 0 Å². The number of hydrogen-bond acceptors (Lipinski definition) is 2. The summed E-state index contributed by atoms with van der Waals surface area (Å²) < 4.78 is 60.5. The summed E-state index contributed by atoms with van der Waals surface area (Å²) >= 11 is 0. The standard InChI is InChI=1S/C10H12F3NO2S/c1-2-4-7-8(10(11,12)13)5-3-6-9(7)17(14,15)16/h3,5-6H,2,4H2,1H3,(H2,14,15,16). The van der Waals surface area contributed by atoms with Crippen LogP contribution in [-0.4, -0.2) is 8.42 Å². The van der Waals surface area contributed by atoms with Gasteiger partial charge >= 0.3 is 6.18 Å². The highest BCUT2D eigenvalue weighted by atomic mass is 32.2. The van der Waals surface area contributed by atoms with Crippen LogP contribution in [0.1, 0.15) is 24.5 Å². The van der Waals surface area contributed by atoms with Crippen LogP contribution in [0.5, 0.6) is 0 Å². The molecule has 17 heavy (non-hydrogen) atoms. The van der Waals surface area contributed by atoms with E-state index >= 15 is 0 Å². The smallest absolute Gasteiger partial charge is 0.225 e. The van der Waals surface area contributed by atoms with Crippen LogP contribution >= 0.6 is 0 Å². The van der Waals surface area contributed by atoms with Gasteiger partial charge in [0.05, 0.1) is 10.5 Å². The second-order valence-corrected chi connectivity index (χ2v) is 5.10. The molecule has 0 spiro atoms. The Morgan fingerprint density at radius 1 is 1.29 bits per heavy atom. The van der Waals surface area contributed by atoms with E-state index in [0.29, 0.717) is 6.42 Å². The van der Waals surface area contributed by atoms with Gasteiger partial charge in [-0.3, -0.25) is 0 Å². The molecule has 0 atom stereocenters. The van der Waals surface area contributed by atoms with Gasteiger partial charge in [-0.15, -0.1) is 0 Å². The number of sulfonamides is 1. The van der Waals surface area contributed by atoms with E-state index in [1.807, 2.05) is 0 Å². The quantitative estimate of drug-likeness (QED) is 0.913. The molecule has 0 fully saturated rings. The lowest BCUT2D eigenvalue weighted by atomic mass is 10.0. The van der Waals surface area contributed by atoms with Crippen molar-refractivity contribution in [2.75, 3.05) is 0 Å². The van der Waals surface area contributed by atoms with E-state index in [1.54, 1.807) is 6.92 Å². The molecule has 0 bridgehead atoms. The molecule has 0 radical (unpaired) electrons. The Hall–Kier alpha value is -1.08. The number of halogens is 3. The third kappa shape index (κ3) is 3.19. The van der Waals surface area contributed by atoms with E-state index in [0.717, 1.165) is 18.2 Å². The van der Waals surface area contributed by atoms with E-state index < -0.39 is 26.7 Å². The topological polar surface area (TPSA) is 60.2 Å². The van der Waals surface area contributed by atoms with Crippen molar-refractivity contribution < 1.29 is 21.6 Å². The Bertz CT molecular complexity index is 509. The Morgan fingerprint density at radius 2 is 1.88 bits per heavy atom. The highest BCUT2D eigenvalue weighted by Gasteiger charge is 2.35. The molecule has 2 N–H and O–H groups in total. The van der Waals surface area contributed by atoms with Crippen molar-refractivity contribution in [3.05, 3.63) is 29.3 Å². The Balaban J connectivity index is 3.54. The monoisotopic (exact) mass is 267 g/mol. The van der Waals surface area contributed by atoms with Gasteiger partial charge in [-0.1, -0.05) is 19.4 Å². The summed E-state index contributed by atoms with van der Waals surface area (Å²) in [5, 5.41) is 4.90. The van der Waals surface area contributed by atoms with Gasteiger partial charge in [0.1, 0.15) is 0 Å². The van der Waals surface area contributed by atoms with E-state index in [1.165, 1.54) is 0 Å². The van der Waals surface area contributed by atoms with Crippen molar-refractivity contribution >= 4 is 10.0 Å². The van der Waals surface area contributed by atoms with Crippen LogP contribution in [0.15, 0.2) is 23.1 Å². The summed E-state index contributed by atoms with van der Waals surface area (Å²) in [4.78, 5) is -0.450. The van der Waals surface area contributed by atoms with Crippen molar-refractivity contribution in [1.82, 2.24) is 0 Å². The first-order chi connectivity index (χ1) is 7.68. The van der Waals surface area contributed by atoms with Gasteiger partial charge in [-0.2, -0.15) is 13.2 Å². The molecular formula is C10H12F3NO2S.